The Labute approximate surface area is 137 Å². The van der Waals surface area contributed by atoms with Crippen molar-refractivity contribution in [1.82, 2.24) is 5.32 Å². The van der Waals surface area contributed by atoms with Gasteiger partial charge in [-0.15, -0.1) is 0 Å². The van der Waals surface area contributed by atoms with Gasteiger partial charge in [-0.1, -0.05) is 36.4 Å². The van der Waals surface area contributed by atoms with E-state index in [1.165, 1.54) is 0 Å². The molecular formula is C19H23NO3. The molecule has 2 aromatic carbocycles. The van der Waals surface area contributed by atoms with E-state index in [0.717, 1.165) is 22.6 Å². The average Bonchev–Trinajstić information content (AvgIpc) is 2.60. The Kier molecular flexibility index (Phi) is 5.16. The molecule has 0 fully saturated rings. The van der Waals surface area contributed by atoms with Crippen molar-refractivity contribution < 1.29 is 14.6 Å². The second-order valence-electron chi connectivity index (χ2n) is 5.90. The zero-order valence-electron chi connectivity index (χ0n) is 13.4. The first-order valence-electron chi connectivity index (χ1n) is 8.06. The van der Waals surface area contributed by atoms with Gasteiger partial charge in [0, 0.05) is 12.6 Å². The van der Waals surface area contributed by atoms with Crippen molar-refractivity contribution in [2.75, 3.05) is 13.2 Å². The quantitative estimate of drug-likeness (QED) is 0.860. The molecule has 3 rings (SSSR count). The predicted octanol–water partition coefficient (Wildman–Crippen LogP) is 2.54. The van der Waals surface area contributed by atoms with E-state index in [4.69, 9.17) is 9.47 Å². The highest BCUT2D eigenvalue weighted by Crippen LogP contribution is 2.30. The van der Waals surface area contributed by atoms with Crippen LogP contribution in [0.1, 0.15) is 18.1 Å². The summed E-state index contributed by atoms with van der Waals surface area (Å²) in [6.07, 6.45) is 0.227. The van der Waals surface area contributed by atoms with Crippen molar-refractivity contribution in [3.8, 4) is 11.5 Å². The summed E-state index contributed by atoms with van der Waals surface area (Å²) in [5, 5.41) is 13.7. The molecule has 0 saturated carbocycles. The third-order valence-corrected chi connectivity index (χ3v) is 4.10. The lowest BCUT2D eigenvalue weighted by Crippen LogP contribution is -2.38. The number of benzene rings is 2. The van der Waals surface area contributed by atoms with E-state index in [1.807, 2.05) is 55.5 Å². The second-order valence-corrected chi connectivity index (χ2v) is 5.90. The Balaban J connectivity index is 1.53. The van der Waals surface area contributed by atoms with Crippen LogP contribution in [0.3, 0.4) is 0 Å². The van der Waals surface area contributed by atoms with Gasteiger partial charge in [0.1, 0.15) is 13.2 Å². The molecule has 4 heteroatoms. The van der Waals surface area contributed by atoms with Gasteiger partial charge >= 0.3 is 0 Å². The van der Waals surface area contributed by atoms with E-state index < -0.39 is 6.10 Å². The van der Waals surface area contributed by atoms with E-state index in [0.29, 0.717) is 26.2 Å². The summed E-state index contributed by atoms with van der Waals surface area (Å²) < 4.78 is 11.1. The maximum Gasteiger partial charge on any atom is 0.161 e. The van der Waals surface area contributed by atoms with Crippen LogP contribution in [0.4, 0.5) is 0 Å². The van der Waals surface area contributed by atoms with Gasteiger partial charge in [0.15, 0.2) is 11.5 Å². The third kappa shape index (κ3) is 4.24. The molecule has 2 N–H and O–H groups in total. The number of aliphatic hydroxyl groups excluding tert-OH is 1. The first kappa shape index (κ1) is 15.8. The zero-order chi connectivity index (χ0) is 16.1. The molecule has 23 heavy (non-hydrogen) atoms. The molecule has 0 radical (unpaired) electrons. The van der Waals surface area contributed by atoms with Crippen LogP contribution in [0.5, 0.6) is 11.5 Å². The first-order valence-corrected chi connectivity index (χ1v) is 8.06. The van der Waals surface area contributed by atoms with Crippen LogP contribution in [-0.4, -0.2) is 30.5 Å². The van der Waals surface area contributed by atoms with Crippen molar-refractivity contribution in [2.45, 2.75) is 32.0 Å². The Morgan fingerprint density at radius 2 is 1.74 bits per heavy atom. The van der Waals surface area contributed by atoms with Gasteiger partial charge in [-0.05, 0) is 36.6 Å². The van der Waals surface area contributed by atoms with Crippen LogP contribution < -0.4 is 14.8 Å². The van der Waals surface area contributed by atoms with E-state index in [9.17, 15) is 5.11 Å². The average molecular weight is 313 g/mol. The number of nitrogens with one attached hydrogen (secondary N) is 1. The Morgan fingerprint density at radius 3 is 2.52 bits per heavy atom. The van der Waals surface area contributed by atoms with E-state index >= 15 is 0 Å². The number of aliphatic hydroxyl groups is 1. The molecule has 4 nitrogen and oxygen atoms in total. The standard InChI is InChI=1S/C19H23NO3/c1-14(17(21)11-15-5-3-2-4-6-15)20-13-16-7-8-18-19(12-16)23-10-9-22-18/h2-8,12,14,17,20-21H,9-11,13H2,1H3. The van der Waals surface area contributed by atoms with Gasteiger partial charge in [0.05, 0.1) is 6.10 Å². The number of ether oxygens (including phenoxy) is 2. The molecule has 2 unspecified atom stereocenters. The van der Waals surface area contributed by atoms with Crippen molar-refractivity contribution in [3.05, 3.63) is 59.7 Å². The van der Waals surface area contributed by atoms with Gasteiger partial charge in [0.2, 0.25) is 0 Å². The minimum absolute atomic E-state index is 0.00315. The molecular weight excluding hydrogens is 290 g/mol. The summed E-state index contributed by atoms with van der Waals surface area (Å²) in [5.74, 6) is 1.60. The molecule has 0 aliphatic carbocycles. The van der Waals surface area contributed by atoms with Gasteiger partial charge in [-0.2, -0.15) is 0 Å². The molecule has 0 aromatic heterocycles. The molecule has 0 bridgehead atoms. The highest BCUT2D eigenvalue weighted by Gasteiger charge is 2.15. The number of hydrogen-bond acceptors (Lipinski definition) is 4. The lowest BCUT2D eigenvalue weighted by atomic mass is 10.0. The Bertz CT molecular complexity index is 630. The van der Waals surface area contributed by atoms with Crippen LogP contribution >= 0.6 is 0 Å². The van der Waals surface area contributed by atoms with Gasteiger partial charge in [0.25, 0.3) is 0 Å². The SMILES string of the molecule is CC(NCc1ccc2c(c1)OCCO2)C(O)Cc1ccccc1. The summed E-state index contributed by atoms with van der Waals surface area (Å²) in [5.41, 5.74) is 2.26. The number of hydrogen-bond donors (Lipinski definition) is 2. The fourth-order valence-electron chi connectivity index (χ4n) is 2.64. The lowest BCUT2D eigenvalue weighted by molar-refractivity contribution is 0.134. The summed E-state index contributed by atoms with van der Waals surface area (Å²) in [4.78, 5) is 0. The minimum atomic E-state index is -0.422. The molecule has 0 amide bonds. The normalized spacial score (nSPS) is 15.9. The van der Waals surface area contributed by atoms with Crippen LogP contribution in [0, 0.1) is 0 Å². The van der Waals surface area contributed by atoms with Gasteiger partial charge in [-0.25, -0.2) is 0 Å². The maximum atomic E-state index is 10.3. The molecule has 1 heterocycles. The summed E-state index contributed by atoms with van der Waals surface area (Å²) in [6, 6.07) is 16.0. The van der Waals surface area contributed by atoms with E-state index in [-0.39, 0.29) is 6.04 Å². The van der Waals surface area contributed by atoms with Gasteiger partial charge in [-0.3, -0.25) is 0 Å². The van der Waals surface area contributed by atoms with Crippen molar-refractivity contribution in [3.63, 3.8) is 0 Å². The lowest BCUT2D eigenvalue weighted by Gasteiger charge is -2.22. The molecule has 2 atom stereocenters. The van der Waals surface area contributed by atoms with E-state index in [2.05, 4.69) is 5.32 Å². The molecule has 0 spiro atoms. The highest BCUT2D eigenvalue weighted by molar-refractivity contribution is 5.43. The van der Waals surface area contributed by atoms with Gasteiger partial charge < -0.3 is 19.9 Å². The monoisotopic (exact) mass is 313 g/mol. The van der Waals surface area contributed by atoms with Crippen LogP contribution in [0.2, 0.25) is 0 Å². The molecule has 2 aromatic rings. The van der Waals surface area contributed by atoms with Crippen LogP contribution in [-0.2, 0) is 13.0 Å². The summed E-state index contributed by atoms with van der Waals surface area (Å²) in [7, 11) is 0. The smallest absolute Gasteiger partial charge is 0.161 e. The van der Waals surface area contributed by atoms with E-state index in [1.54, 1.807) is 0 Å². The topological polar surface area (TPSA) is 50.7 Å². The summed E-state index contributed by atoms with van der Waals surface area (Å²) in [6.45, 7) is 3.89. The molecule has 0 saturated heterocycles. The Hall–Kier alpha value is -2.04. The fraction of sp³-hybridized carbons (Fsp3) is 0.368. The van der Waals surface area contributed by atoms with Crippen LogP contribution in [0.15, 0.2) is 48.5 Å². The maximum absolute atomic E-state index is 10.3. The summed E-state index contributed by atoms with van der Waals surface area (Å²) >= 11 is 0. The fourth-order valence-corrected chi connectivity index (χ4v) is 2.64. The van der Waals surface area contributed by atoms with Crippen LogP contribution in [0.25, 0.3) is 0 Å². The minimum Gasteiger partial charge on any atom is -0.486 e. The van der Waals surface area contributed by atoms with Crippen molar-refractivity contribution in [1.29, 1.82) is 0 Å². The zero-order valence-corrected chi connectivity index (χ0v) is 13.4. The Morgan fingerprint density at radius 1 is 1.00 bits per heavy atom. The second kappa shape index (κ2) is 7.49. The molecule has 1 aliphatic rings. The van der Waals surface area contributed by atoms with Crippen molar-refractivity contribution >= 4 is 0 Å². The first-order chi connectivity index (χ1) is 11.2. The third-order valence-electron chi connectivity index (χ3n) is 4.10. The largest absolute Gasteiger partial charge is 0.486 e. The molecule has 1 aliphatic heterocycles. The number of fused-ring (bicyclic) bond motifs is 1. The highest BCUT2D eigenvalue weighted by atomic mass is 16.6. The molecule has 122 valence electrons. The number of rotatable bonds is 6. The van der Waals surface area contributed by atoms with Crippen molar-refractivity contribution in [2.24, 2.45) is 0 Å². The predicted molar refractivity (Wildman–Crippen MR) is 89.9 cm³/mol.